The minimum Gasteiger partial charge on any atom is -0.351 e. The molecule has 0 radical (unpaired) electrons. The van der Waals surface area contributed by atoms with Crippen molar-refractivity contribution in [2.24, 2.45) is 11.8 Å². The van der Waals surface area contributed by atoms with E-state index in [1.54, 1.807) is 0 Å². The Labute approximate surface area is 106 Å². The second-order valence-corrected chi connectivity index (χ2v) is 5.57. The number of amides is 1. The first kappa shape index (κ1) is 12.5. The predicted octanol–water partition coefficient (Wildman–Crippen LogP) is 2.48. The Hall–Kier alpha value is -0.970. The molecule has 1 N–H and O–H groups in total. The van der Waals surface area contributed by atoms with Crippen LogP contribution in [0.5, 0.6) is 0 Å². The molecule has 1 saturated carbocycles. The molecule has 0 spiro atoms. The zero-order valence-corrected chi connectivity index (χ0v) is 11.0. The summed E-state index contributed by atoms with van der Waals surface area (Å²) in [5.41, 5.74) is 0. The summed E-state index contributed by atoms with van der Waals surface area (Å²) in [6, 6.07) is 0. The van der Waals surface area contributed by atoms with Gasteiger partial charge in [-0.05, 0) is 36.2 Å². The molecule has 1 aliphatic rings. The van der Waals surface area contributed by atoms with Gasteiger partial charge in [-0.25, -0.2) is 0 Å². The maximum Gasteiger partial charge on any atom is 0.264 e. The van der Waals surface area contributed by atoms with E-state index in [1.807, 2.05) is 0 Å². The summed E-state index contributed by atoms with van der Waals surface area (Å²) in [4.78, 5) is 12.3. The average molecular weight is 253 g/mol. The molecule has 1 heterocycles. The minimum absolute atomic E-state index is 0.0300. The van der Waals surface area contributed by atoms with Crippen molar-refractivity contribution in [3.8, 4) is 0 Å². The highest BCUT2D eigenvalue weighted by Gasteiger charge is 2.20. The fraction of sp³-hybridized carbons (Fsp3) is 0.750. The van der Waals surface area contributed by atoms with E-state index in [-0.39, 0.29) is 5.91 Å². The number of carbonyl (C=O) groups excluding carboxylic acids is 1. The van der Waals surface area contributed by atoms with Gasteiger partial charge in [-0.2, -0.15) is 0 Å². The van der Waals surface area contributed by atoms with E-state index in [4.69, 9.17) is 0 Å². The molecule has 4 nitrogen and oxygen atoms in total. The van der Waals surface area contributed by atoms with Gasteiger partial charge >= 0.3 is 0 Å². The molecule has 1 aliphatic carbocycles. The summed E-state index contributed by atoms with van der Waals surface area (Å²) in [7, 11) is 0. The Bertz CT molecular complexity index is 345. The third kappa shape index (κ3) is 3.49. The van der Waals surface area contributed by atoms with Crippen molar-refractivity contribution in [3.05, 3.63) is 11.1 Å². The molecular formula is C12H19N3OS. The molecule has 0 aliphatic heterocycles. The summed E-state index contributed by atoms with van der Waals surface area (Å²) in [6.45, 7) is 3.07. The van der Waals surface area contributed by atoms with Crippen LogP contribution in [0.15, 0.2) is 6.20 Å². The Morgan fingerprint density at radius 3 is 2.71 bits per heavy atom. The molecule has 1 fully saturated rings. The molecule has 0 saturated heterocycles. The van der Waals surface area contributed by atoms with Crippen molar-refractivity contribution in [1.82, 2.24) is 14.9 Å². The SMILES string of the molecule is CCC1CCC(CNC(=O)c2cnns2)CC1. The quantitative estimate of drug-likeness (QED) is 0.897. The van der Waals surface area contributed by atoms with Crippen molar-refractivity contribution < 1.29 is 4.79 Å². The second kappa shape index (κ2) is 6.10. The number of nitrogens with one attached hydrogen (secondary N) is 1. The molecule has 94 valence electrons. The number of rotatable bonds is 4. The van der Waals surface area contributed by atoms with Crippen molar-refractivity contribution >= 4 is 17.4 Å². The van der Waals surface area contributed by atoms with Gasteiger partial charge in [0.1, 0.15) is 4.88 Å². The van der Waals surface area contributed by atoms with Crippen LogP contribution >= 0.6 is 11.5 Å². The van der Waals surface area contributed by atoms with Crippen LogP contribution in [0.2, 0.25) is 0 Å². The molecule has 0 atom stereocenters. The van der Waals surface area contributed by atoms with Crippen LogP contribution in [-0.4, -0.2) is 22.0 Å². The summed E-state index contributed by atoms with van der Waals surface area (Å²) in [6.07, 6.45) is 7.96. The highest BCUT2D eigenvalue weighted by atomic mass is 32.1. The average Bonchev–Trinajstić information content (AvgIpc) is 2.90. The molecule has 5 heteroatoms. The largest absolute Gasteiger partial charge is 0.351 e. The standard InChI is InChI=1S/C12H19N3OS/c1-2-9-3-5-10(6-4-9)7-13-12(16)11-8-14-15-17-11/h8-10H,2-7H2,1H3,(H,13,16). The lowest BCUT2D eigenvalue weighted by atomic mass is 9.81. The molecule has 1 amide bonds. The lowest BCUT2D eigenvalue weighted by Crippen LogP contribution is -2.30. The van der Waals surface area contributed by atoms with Crippen molar-refractivity contribution in [2.45, 2.75) is 39.0 Å². The zero-order chi connectivity index (χ0) is 12.1. The van der Waals surface area contributed by atoms with Gasteiger partial charge in [0.05, 0.1) is 6.20 Å². The van der Waals surface area contributed by atoms with Gasteiger partial charge in [-0.1, -0.05) is 30.7 Å². The maximum absolute atomic E-state index is 11.7. The molecule has 0 aromatic carbocycles. The van der Waals surface area contributed by atoms with Gasteiger partial charge in [0.2, 0.25) is 0 Å². The predicted molar refractivity (Wildman–Crippen MR) is 68.0 cm³/mol. The highest BCUT2D eigenvalue weighted by Crippen LogP contribution is 2.30. The minimum atomic E-state index is -0.0300. The third-order valence-electron chi connectivity index (χ3n) is 3.68. The first-order valence-corrected chi connectivity index (χ1v) is 7.12. The number of aromatic nitrogens is 2. The first-order chi connectivity index (χ1) is 8.29. The molecule has 2 rings (SSSR count). The fourth-order valence-corrected chi connectivity index (χ4v) is 2.87. The van der Waals surface area contributed by atoms with Gasteiger partial charge in [0, 0.05) is 6.54 Å². The number of hydrogen-bond acceptors (Lipinski definition) is 4. The van der Waals surface area contributed by atoms with E-state index in [2.05, 4.69) is 21.8 Å². The summed E-state index contributed by atoms with van der Waals surface area (Å²) >= 11 is 1.15. The topological polar surface area (TPSA) is 54.9 Å². The van der Waals surface area contributed by atoms with Gasteiger partial charge in [-0.3, -0.25) is 4.79 Å². The van der Waals surface area contributed by atoms with Gasteiger partial charge in [0.15, 0.2) is 0 Å². The number of hydrogen-bond donors (Lipinski definition) is 1. The van der Waals surface area contributed by atoms with Crippen LogP contribution in [0.1, 0.15) is 48.7 Å². The lowest BCUT2D eigenvalue weighted by molar-refractivity contribution is 0.0945. The maximum atomic E-state index is 11.7. The summed E-state index contributed by atoms with van der Waals surface area (Å²) in [5, 5.41) is 6.65. The zero-order valence-electron chi connectivity index (χ0n) is 10.2. The van der Waals surface area contributed by atoms with Crippen LogP contribution < -0.4 is 5.32 Å². The number of nitrogens with zero attached hydrogens (tertiary/aromatic N) is 2. The van der Waals surface area contributed by atoms with E-state index in [9.17, 15) is 4.79 Å². The molecule has 1 aromatic rings. The van der Waals surface area contributed by atoms with Crippen LogP contribution in [0, 0.1) is 11.8 Å². The Balaban J connectivity index is 1.71. The number of carbonyl (C=O) groups is 1. The Morgan fingerprint density at radius 2 is 2.12 bits per heavy atom. The lowest BCUT2D eigenvalue weighted by Gasteiger charge is -2.27. The normalized spacial score (nSPS) is 24.5. The molecule has 1 aromatic heterocycles. The summed E-state index contributed by atoms with van der Waals surface area (Å²) < 4.78 is 3.69. The van der Waals surface area contributed by atoms with Gasteiger partial charge in [0.25, 0.3) is 5.91 Å². The van der Waals surface area contributed by atoms with Gasteiger partial charge in [-0.15, -0.1) is 5.10 Å². The molecule has 0 unspecified atom stereocenters. The van der Waals surface area contributed by atoms with E-state index >= 15 is 0 Å². The van der Waals surface area contributed by atoms with Crippen molar-refractivity contribution in [2.75, 3.05) is 6.54 Å². The van der Waals surface area contributed by atoms with Crippen molar-refractivity contribution in [1.29, 1.82) is 0 Å². The highest BCUT2D eigenvalue weighted by molar-refractivity contribution is 7.07. The smallest absolute Gasteiger partial charge is 0.264 e. The monoisotopic (exact) mass is 253 g/mol. The van der Waals surface area contributed by atoms with Crippen LogP contribution in [-0.2, 0) is 0 Å². The third-order valence-corrected chi connectivity index (χ3v) is 4.34. The van der Waals surface area contributed by atoms with Crippen molar-refractivity contribution in [3.63, 3.8) is 0 Å². The van der Waals surface area contributed by atoms with E-state index in [0.717, 1.165) is 24.0 Å². The van der Waals surface area contributed by atoms with Gasteiger partial charge < -0.3 is 5.32 Å². The Morgan fingerprint density at radius 1 is 1.41 bits per heavy atom. The molecular weight excluding hydrogens is 234 g/mol. The van der Waals surface area contributed by atoms with Crippen LogP contribution in [0.4, 0.5) is 0 Å². The second-order valence-electron chi connectivity index (χ2n) is 4.79. The van der Waals surface area contributed by atoms with Crippen LogP contribution in [0.3, 0.4) is 0 Å². The molecule has 17 heavy (non-hydrogen) atoms. The fourth-order valence-electron chi connectivity index (χ4n) is 2.44. The van der Waals surface area contributed by atoms with E-state index < -0.39 is 0 Å². The Kier molecular flexibility index (Phi) is 4.48. The summed E-state index contributed by atoms with van der Waals surface area (Å²) in [5.74, 6) is 1.54. The molecule has 0 bridgehead atoms. The van der Waals surface area contributed by atoms with Crippen LogP contribution in [0.25, 0.3) is 0 Å². The van der Waals surface area contributed by atoms with E-state index in [1.165, 1.54) is 38.3 Å². The van der Waals surface area contributed by atoms with E-state index in [0.29, 0.717) is 10.8 Å². The first-order valence-electron chi connectivity index (χ1n) is 6.35.